The van der Waals surface area contributed by atoms with Gasteiger partial charge < -0.3 is 9.32 Å². The first-order valence-corrected chi connectivity index (χ1v) is 18.5. The predicted molar refractivity (Wildman–Crippen MR) is 229 cm³/mol. The molecule has 2 nitrogen and oxygen atoms in total. The molecule has 1 aromatic heterocycles. The van der Waals surface area contributed by atoms with Gasteiger partial charge in [-0.05, 0) is 114 Å². The van der Waals surface area contributed by atoms with Crippen LogP contribution < -0.4 is 4.90 Å². The van der Waals surface area contributed by atoms with Gasteiger partial charge in [0.15, 0.2) is 5.58 Å². The van der Waals surface area contributed by atoms with Gasteiger partial charge in [-0.2, -0.15) is 0 Å². The van der Waals surface area contributed by atoms with Crippen molar-refractivity contribution in [3.05, 3.63) is 200 Å². The fraction of sp³-hybridized carbons (Fsp3) is 0. The molecule has 0 aliphatic rings. The molecule has 0 saturated heterocycles. The minimum absolute atomic E-state index is 0.862. The zero-order valence-electron chi connectivity index (χ0n) is 29.4. The summed E-state index contributed by atoms with van der Waals surface area (Å²) >= 11 is 0. The summed E-state index contributed by atoms with van der Waals surface area (Å²) in [6, 6.07) is 72.3. The quantitative estimate of drug-likeness (QED) is 0.168. The fourth-order valence-corrected chi connectivity index (χ4v) is 8.31. The minimum Gasteiger partial charge on any atom is -0.454 e. The van der Waals surface area contributed by atoms with Gasteiger partial charge in [0.05, 0.1) is 5.69 Å². The lowest BCUT2D eigenvalue weighted by Crippen LogP contribution is -2.10. The molecule has 0 radical (unpaired) electrons. The van der Waals surface area contributed by atoms with E-state index in [0.717, 1.165) is 39.0 Å². The molecule has 0 atom stereocenters. The zero-order chi connectivity index (χ0) is 35.6. The lowest BCUT2D eigenvalue weighted by molar-refractivity contribution is 0.669. The second-order valence-corrected chi connectivity index (χ2v) is 14.1. The van der Waals surface area contributed by atoms with Crippen molar-refractivity contribution in [2.24, 2.45) is 0 Å². The van der Waals surface area contributed by atoms with Crippen LogP contribution in [0.25, 0.3) is 87.3 Å². The third-order valence-corrected chi connectivity index (χ3v) is 11.0. The summed E-state index contributed by atoms with van der Waals surface area (Å²) in [6.45, 7) is 0. The highest BCUT2D eigenvalue weighted by Crippen LogP contribution is 2.44. The van der Waals surface area contributed by atoms with Gasteiger partial charge in [0, 0.05) is 22.1 Å². The summed E-state index contributed by atoms with van der Waals surface area (Å²) in [6.07, 6.45) is 0. The number of benzene rings is 10. The maximum absolute atomic E-state index is 6.78. The van der Waals surface area contributed by atoms with Gasteiger partial charge in [0.2, 0.25) is 0 Å². The Labute approximate surface area is 312 Å². The minimum atomic E-state index is 0.862. The molecular formula is C52H33NO. The molecule has 0 N–H and O–H groups in total. The van der Waals surface area contributed by atoms with E-state index in [1.54, 1.807) is 0 Å². The number of nitrogens with zero attached hydrogens (tertiary/aromatic N) is 1. The number of rotatable bonds is 5. The van der Waals surface area contributed by atoms with Crippen molar-refractivity contribution in [1.29, 1.82) is 0 Å². The van der Waals surface area contributed by atoms with Gasteiger partial charge in [0.1, 0.15) is 5.58 Å². The van der Waals surface area contributed by atoms with E-state index in [-0.39, 0.29) is 0 Å². The van der Waals surface area contributed by atoms with Crippen molar-refractivity contribution < 1.29 is 4.42 Å². The summed E-state index contributed by atoms with van der Waals surface area (Å²) in [5, 5.41) is 12.2. The van der Waals surface area contributed by atoms with Crippen LogP contribution in [0.1, 0.15) is 0 Å². The maximum atomic E-state index is 6.78. The van der Waals surface area contributed by atoms with Crippen LogP contribution in [0.15, 0.2) is 205 Å². The number of para-hydroxylation sites is 1. The van der Waals surface area contributed by atoms with E-state index in [4.69, 9.17) is 4.42 Å². The summed E-state index contributed by atoms with van der Waals surface area (Å²) in [4.78, 5) is 2.35. The first kappa shape index (κ1) is 30.5. The van der Waals surface area contributed by atoms with Gasteiger partial charge in [-0.1, -0.05) is 152 Å². The van der Waals surface area contributed by atoms with E-state index in [9.17, 15) is 0 Å². The van der Waals surface area contributed by atoms with Crippen molar-refractivity contribution in [2.45, 2.75) is 0 Å². The van der Waals surface area contributed by atoms with Crippen LogP contribution in [0.2, 0.25) is 0 Å². The Hall–Kier alpha value is -7.16. The average molecular weight is 688 g/mol. The average Bonchev–Trinajstić information content (AvgIpc) is 3.63. The van der Waals surface area contributed by atoms with Gasteiger partial charge in [0.25, 0.3) is 0 Å². The Kier molecular flexibility index (Phi) is 6.90. The smallest absolute Gasteiger partial charge is 0.159 e. The topological polar surface area (TPSA) is 16.4 Å². The Morgan fingerprint density at radius 1 is 0.296 bits per heavy atom. The molecule has 0 amide bonds. The summed E-state index contributed by atoms with van der Waals surface area (Å²) in [7, 11) is 0. The van der Waals surface area contributed by atoms with Crippen molar-refractivity contribution in [1.82, 2.24) is 0 Å². The molecule has 11 aromatic rings. The van der Waals surface area contributed by atoms with Gasteiger partial charge in [-0.25, -0.2) is 0 Å². The lowest BCUT2D eigenvalue weighted by Gasteiger charge is -2.26. The van der Waals surface area contributed by atoms with E-state index in [2.05, 4.69) is 205 Å². The van der Waals surface area contributed by atoms with Crippen LogP contribution in [0.5, 0.6) is 0 Å². The summed E-state index contributed by atoms with van der Waals surface area (Å²) in [5.41, 5.74) is 9.60. The maximum Gasteiger partial charge on any atom is 0.159 e. The fourth-order valence-electron chi connectivity index (χ4n) is 8.31. The molecule has 11 rings (SSSR count). The molecule has 0 unspecified atom stereocenters. The van der Waals surface area contributed by atoms with E-state index in [1.165, 1.54) is 65.3 Å². The lowest BCUT2D eigenvalue weighted by atomic mass is 9.97. The van der Waals surface area contributed by atoms with Crippen molar-refractivity contribution in [2.75, 3.05) is 4.90 Å². The second kappa shape index (κ2) is 12.2. The van der Waals surface area contributed by atoms with Crippen molar-refractivity contribution >= 4 is 82.1 Å². The normalized spacial score (nSPS) is 11.7. The number of fused-ring (bicyclic) bond motifs is 9. The van der Waals surface area contributed by atoms with Crippen LogP contribution >= 0.6 is 0 Å². The molecular weight excluding hydrogens is 655 g/mol. The van der Waals surface area contributed by atoms with Crippen LogP contribution in [0.4, 0.5) is 17.1 Å². The highest BCUT2D eigenvalue weighted by atomic mass is 16.3. The zero-order valence-corrected chi connectivity index (χ0v) is 29.4. The van der Waals surface area contributed by atoms with Crippen LogP contribution in [-0.2, 0) is 0 Å². The Bertz CT molecular complexity index is 3210. The largest absolute Gasteiger partial charge is 0.454 e. The highest BCUT2D eigenvalue weighted by Gasteiger charge is 2.20. The Morgan fingerprint density at radius 3 is 1.52 bits per heavy atom. The second-order valence-electron chi connectivity index (χ2n) is 14.1. The van der Waals surface area contributed by atoms with Gasteiger partial charge >= 0.3 is 0 Å². The number of hydrogen-bond donors (Lipinski definition) is 0. The first-order valence-electron chi connectivity index (χ1n) is 18.5. The molecule has 0 spiro atoms. The van der Waals surface area contributed by atoms with E-state index in [1.807, 2.05) is 0 Å². The number of hydrogen-bond acceptors (Lipinski definition) is 2. The van der Waals surface area contributed by atoms with Crippen LogP contribution in [0, 0.1) is 0 Å². The molecule has 2 heteroatoms. The summed E-state index contributed by atoms with van der Waals surface area (Å²) < 4.78 is 6.78. The highest BCUT2D eigenvalue weighted by molar-refractivity contribution is 6.13. The SMILES string of the molecule is c1ccc(-c2ccc3oc4c(N(c5ccc(-c6ccc7ccc8ccccc8c7c6)cc5)c5ccc6ccc7ccccc7c6c5)cccc4c3c2)cc1. The summed E-state index contributed by atoms with van der Waals surface area (Å²) in [5.74, 6) is 0. The Balaban J connectivity index is 1.09. The van der Waals surface area contributed by atoms with Crippen molar-refractivity contribution in [3.8, 4) is 22.3 Å². The molecule has 0 fully saturated rings. The van der Waals surface area contributed by atoms with E-state index >= 15 is 0 Å². The predicted octanol–water partition coefficient (Wildman–Crippen LogP) is 15.0. The van der Waals surface area contributed by atoms with Crippen LogP contribution in [0.3, 0.4) is 0 Å². The van der Waals surface area contributed by atoms with Crippen LogP contribution in [-0.4, -0.2) is 0 Å². The molecule has 54 heavy (non-hydrogen) atoms. The molecule has 1 heterocycles. The Morgan fingerprint density at radius 2 is 0.796 bits per heavy atom. The monoisotopic (exact) mass is 687 g/mol. The molecule has 0 bridgehead atoms. The third-order valence-electron chi connectivity index (χ3n) is 11.0. The third kappa shape index (κ3) is 4.96. The first-order chi connectivity index (χ1) is 26.7. The van der Waals surface area contributed by atoms with Gasteiger partial charge in [-0.3, -0.25) is 0 Å². The number of furan rings is 1. The standard InChI is InChI=1S/C52H33NO/c1-2-9-34(10-3-1)41-26-30-51-49(32-41)46-15-8-16-50(52(46)54-51)53(43-29-25-39-20-18-37-12-5-7-14-45(37)48(39)33-43)42-27-23-35(24-28-42)40-22-21-38-19-17-36-11-4-6-13-44(36)47(38)31-40/h1-33H. The number of anilines is 3. The van der Waals surface area contributed by atoms with E-state index < -0.39 is 0 Å². The van der Waals surface area contributed by atoms with E-state index in [0.29, 0.717) is 0 Å². The molecule has 252 valence electrons. The van der Waals surface area contributed by atoms with Crippen molar-refractivity contribution in [3.63, 3.8) is 0 Å². The molecule has 0 saturated carbocycles. The molecule has 0 aliphatic carbocycles. The molecule has 10 aromatic carbocycles. The molecule has 0 aliphatic heterocycles. The van der Waals surface area contributed by atoms with Gasteiger partial charge in [-0.15, -0.1) is 0 Å².